The standard InChI is InChI=1S/C26H36F2N2O6/c27-23-1-3-25(31)21(17-23)19-29-5-9-33-13-15-35-11-7-30(8-12-36-16-14-34-10-6-29)20-22-18-24(28)2-4-26(22)32/h1-4,17-18,31-32H,5-16,19-20H2. The maximum Gasteiger partial charge on any atom is 0.123 e. The lowest BCUT2D eigenvalue weighted by Gasteiger charge is -2.24. The Labute approximate surface area is 210 Å². The van der Waals surface area contributed by atoms with E-state index in [-0.39, 0.29) is 11.5 Å². The minimum absolute atomic E-state index is 0.0566. The number of nitrogens with zero attached hydrogens (tertiary/aromatic N) is 2. The fourth-order valence-corrected chi connectivity index (χ4v) is 3.80. The van der Waals surface area contributed by atoms with Gasteiger partial charge in [-0.05, 0) is 36.4 Å². The molecule has 8 nitrogen and oxygen atoms in total. The van der Waals surface area contributed by atoms with Crippen LogP contribution in [0, 0.1) is 11.6 Å². The Morgan fingerprint density at radius 2 is 0.889 bits per heavy atom. The normalized spacial score (nSPS) is 18.9. The zero-order valence-corrected chi connectivity index (χ0v) is 20.5. The van der Waals surface area contributed by atoms with Crippen LogP contribution < -0.4 is 0 Å². The van der Waals surface area contributed by atoms with Crippen LogP contribution in [0.5, 0.6) is 11.5 Å². The van der Waals surface area contributed by atoms with Crippen molar-refractivity contribution in [2.45, 2.75) is 13.1 Å². The van der Waals surface area contributed by atoms with Gasteiger partial charge in [-0.1, -0.05) is 0 Å². The van der Waals surface area contributed by atoms with E-state index in [1.54, 1.807) is 0 Å². The molecule has 0 bridgehead atoms. The van der Waals surface area contributed by atoms with Crippen LogP contribution in [-0.2, 0) is 32.0 Å². The first-order valence-corrected chi connectivity index (χ1v) is 12.2. The topological polar surface area (TPSA) is 83.9 Å². The second kappa shape index (κ2) is 15.7. The van der Waals surface area contributed by atoms with Crippen LogP contribution >= 0.6 is 0 Å². The molecule has 2 aromatic rings. The van der Waals surface area contributed by atoms with Crippen LogP contribution in [0.1, 0.15) is 11.1 Å². The van der Waals surface area contributed by atoms with E-state index in [4.69, 9.17) is 18.9 Å². The fourth-order valence-electron chi connectivity index (χ4n) is 3.80. The summed E-state index contributed by atoms with van der Waals surface area (Å²) >= 11 is 0. The average Bonchev–Trinajstić information content (AvgIpc) is 2.85. The Balaban J connectivity index is 1.49. The molecule has 0 unspecified atom stereocenters. The van der Waals surface area contributed by atoms with Gasteiger partial charge in [0.05, 0.1) is 52.9 Å². The molecule has 0 spiro atoms. The van der Waals surface area contributed by atoms with Crippen molar-refractivity contribution in [1.29, 1.82) is 0 Å². The number of phenols is 2. The van der Waals surface area contributed by atoms with Crippen LogP contribution in [0.3, 0.4) is 0 Å². The molecule has 0 aromatic heterocycles. The number of phenolic OH excluding ortho intramolecular Hbond substituents is 2. The van der Waals surface area contributed by atoms with Crippen molar-refractivity contribution in [3.8, 4) is 11.5 Å². The third-order valence-electron chi connectivity index (χ3n) is 5.82. The number of aromatic hydroxyl groups is 2. The lowest BCUT2D eigenvalue weighted by atomic mass is 10.2. The van der Waals surface area contributed by atoms with E-state index in [1.807, 2.05) is 9.80 Å². The van der Waals surface area contributed by atoms with E-state index >= 15 is 0 Å². The molecular formula is C26H36F2N2O6. The fraction of sp³-hybridized carbons (Fsp3) is 0.538. The largest absolute Gasteiger partial charge is 0.508 e. The van der Waals surface area contributed by atoms with Crippen LogP contribution in [0.2, 0.25) is 0 Å². The van der Waals surface area contributed by atoms with Gasteiger partial charge in [0.2, 0.25) is 0 Å². The quantitative estimate of drug-likeness (QED) is 0.650. The van der Waals surface area contributed by atoms with Crippen molar-refractivity contribution in [3.63, 3.8) is 0 Å². The summed E-state index contributed by atoms with van der Waals surface area (Å²) in [6.07, 6.45) is 0. The van der Waals surface area contributed by atoms with E-state index < -0.39 is 11.6 Å². The van der Waals surface area contributed by atoms with Crippen molar-refractivity contribution in [1.82, 2.24) is 9.80 Å². The Hall–Kier alpha value is -2.34. The summed E-state index contributed by atoms with van der Waals surface area (Å²) in [5, 5.41) is 20.1. The second-order valence-corrected chi connectivity index (χ2v) is 8.55. The van der Waals surface area contributed by atoms with Gasteiger partial charge in [0.1, 0.15) is 23.1 Å². The summed E-state index contributed by atoms with van der Waals surface area (Å²) < 4.78 is 50.0. The lowest BCUT2D eigenvalue weighted by Crippen LogP contribution is -2.32. The van der Waals surface area contributed by atoms with Crippen molar-refractivity contribution >= 4 is 0 Å². The van der Waals surface area contributed by atoms with Crippen molar-refractivity contribution in [2.75, 3.05) is 79.0 Å². The molecule has 200 valence electrons. The molecule has 36 heavy (non-hydrogen) atoms. The highest BCUT2D eigenvalue weighted by atomic mass is 19.1. The summed E-state index contributed by atoms with van der Waals surface area (Å²) in [5.74, 6) is -0.670. The monoisotopic (exact) mass is 510 g/mol. The first-order chi connectivity index (χ1) is 17.5. The third-order valence-corrected chi connectivity index (χ3v) is 5.82. The van der Waals surface area contributed by atoms with Gasteiger partial charge in [0.15, 0.2) is 0 Å². The molecule has 0 aliphatic carbocycles. The molecule has 3 rings (SSSR count). The first-order valence-electron chi connectivity index (χ1n) is 12.2. The highest BCUT2D eigenvalue weighted by Gasteiger charge is 2.13. The molecular weight excluding hydrogens is 474 g/mol. The van der Waals surface area contributed by atoms with E-state index in [9.17, 15) is 19.0 Å². The Bertz CT molecular complexity index is 826. The van der Waals surface area contributed by atoms with Gasteiger partial charge >= 0.3 is 0 Å². The Morgan fingerprint density at radius 3 is 1.22 bits per heavy atom. The van der Waals surface area contributed by atoms with Crippen LogP contribution in [0.4, 0.5) is 8.78 Å². The van der Waals surface area contributed by atoms with E-state index in [1.165, 1.54) is 36.4 Å². The molecule has 0 atom stereocenters. The first kappa shape index (κ1) is 28.2. The zero-order chi connectivity index (χ0) is 25.6. The highest BCUT2D eigenvalue weighted by molar-refractivity contribution is 5.33. The number of benzene rings is 2. The molecule has 1 saturated heterocycles. The van der Waals surface area contributed by atoms with Gasteiger partial charge in [-0.25, -0.2) is 8.78 Å². The SMILES string of the molecule is Oc1ccc(F)cc1CN1CCOCCOCCN(Cc2cc(F)ccc2O)CCOCCOCC1. The van der Waals surface area contributed by atoms with Crippen LogP contribution in [-0.4, -0.2) is 99.0 Å². The van der Waals surface area contributed by atoms with Gasteiger partial charge in [-0.15, -0.1) is 0 Å². The molecule has 1 fully saturated rings. The predicted molar refractivity (Wildman–Crippen MR) is 130 cm³/mol. The smallest absolute Gasteiger partial charge is 0.123 e. The Morgan fingerprint density at radius 1 is 0.556 bits per heavy atom. The average molecular weight is 511 g/mol. The molecule has 1 aliphatic heterocycles. The number of hydrogen-bond acceptors (Lipinski definition) is 8. The molecule has 2 aromatic carbocycles. The van der Waals surface area contributed by atoms with Crippen molar-refractivity contribution in [3.05, 3.63) is 59.2 Å². The molecule has 0 radical (unpaired) electrons. The van der Waals surface area contributed by atoms with E-state index in [0.717, 1.165) is 0 Å². The minimum atomic E-state index is -0.391. The summed E-state index contributed by atoms with van der Waals surface area (Å²) in [5.41, 5.74) is 1.03. The number of rotatable bonds is 4. The Kier molecular flexibility index (Phi) is 12.3. The number of ether oxygens (including phenoxy) is 4. The predicted octanol–water partition coefficient (Wildman–Crippen LogP) is 2.76. The van der Waals surface area contributed by atoms with Crippen LogP contribution in [0.25, 0.3) is 0 Å². The molecule has 1 heterocycles. The highest BCUT2D eigenvalue weighted by Crippen LogP contribution is 2.20. The van der Waals surface area contributed by atoms with Gasteiger partial charge in [-0.3, -0.25) is 9.80 Å². The van der Waals surface area contributed by atoms with Crippen molar-refractivity contribution < 1.29 is 37.9 Å². The molecule has 0 saturated carbocycles. The molecule has 0 amide bonds. The summed E-state index contributed by atoms with van der Waals surface area (Å²) in [6.45, 7) is 6.57. The minimum Gasteiger partial charge on any atom is -0.508 e. The zero-order valence-electron chi connectivity index (χ0n) is 20.5. The van der Waals surface area contributed by atoms with Gasteiger partial charge in [-0.2, -0.15) is 0 Å². The van der Waals surface area contributed by atoms with Crippen molar-refractivity contribution in [2.24, 2.45) is 0 Å². The van der Waals surface area contributed by atoms with Gasteiger partial charge in [0.25, 0.3) is 0 Å². The summed E-state index contributed by atoms with van der Waals surface area (Å²) in [7, 11) is 0. The summed E-state index contributed by atoms with van der Waals surface area (Å²) in [6, 6.07) is 7.85. The van der Waals surface area contributed by atoms with Gasteiger partial charge in [0, 0.05) is 50.4 Å². The number of hydrogen-bond donors (Lipinski definition) is 2. The van der Waals surface area contributed by atoms with Crippen LogP contribution in [0.15, 0.2) is 36.4 Å². The maximum absolute atomic E-state index is 13.6. The van der Waals surface area contributed by atoms with Gasteiger partial charge < -0.3 is 29.2 Å². The number of halogens is 2. The second-order valence-electron chi connectivity index (χ2n) is 8.55. The molecule has 1 aliphatic rings. The maximum atomic E-state index is 13.6. The summed E-state index contributed by atoms with van der Waals surface area (Å²) in [4.78, 5) is 4.08. The molecule has 2 N–H and O–H groups in total. The third kappa shape index (κ3) is 10.3. The molecule has 10 heteroatoms. The van der Waals surface area contributed by atoms with E-state index in [2.05, 4.69) is 0 Å². The lowest BCUT2D eigenvalue weighted by molar-refractivity contribution is 0.00610. The van der Waals surface area contributed by atoms with E-state index in [0.29, 0.717) is 103 Å².